The molecule has 7 nitrogen and oxygen atoms in total. The average molecular weight is 466 g/mol. The van der Waals surface area contributed by atoms with Crippen LogP contribution in [0.5, 0.6) is 0 Å². The third-order valence-electron chi connectivity index (χ3n) is 6.72. The fourth-order valence-corrected chi connectivity index (χ4v) is 6.05. The van der Waals surface area contributed by atoms with Crippen molar-refractivity contribution in [3.8, 4) is 0 Å². The van der Waals surface area contributed by atoms with Crippen LogP contribution in [0.1, 0.15) is 25.7 Å². The summed E-state index contributed by atoms with van der Waals surface area (Å²) >= 11 is 0. The van der Waals surface area contributed by atoms with E-state index in [0.717, 1.165) is 48.8 Å². The van der Waals surface area contributed by atoms with Gasteiger partial charge in [0.2, 0.25) is 5.95 Å². The molecule has 174 valence electrons. The first-order valence-corrected chi connectivity index (χ1v) is 13.5. The quantitative estimate of drug-likeness (QED) is 0.571. The number of anilines is 2. The molecule has 1 saturated heterocycles. The van der Waals surface area contributed by atoms with E-state index in [1.807, 2.05) is 24.3 Å². The van der Waals surface area contributed by atoms with E-state index >= 15 is 0 Å². The Morgan fingerprint density at radius 3 is 2.33 bits per heavy atom. The van der Waals surface area contributed by atoms with Gasteiger partial charge in [-0.05, 0) is 37.1 Å². The van der Waals surface area contributed by atoms with Crippen LogP contribution in [0.15, 0.2) is 59.5 Å². The number of hydrogen-bond acceptors (Lipinski definition) is 7. The summed E-state index contributed by atoms with van der Waals surface area (Å²) in [5.74, 6) is 1.82. The van der Waals surface area contributed by atoms with Crippen molar-refractivity contribution in [1.82, 2.24) is 14.9 Å². The first-order chi connectivity index (χ1) is 16.1. The van der Waals surface area contributed by atoms with Crippen LogP contribution < -0.4 is 10.2 Å². The van der Waals surface area contributed by atoms with Crippen LogP contribution in [0.2, 0.25) is 0 Å². The van der Waals surface area contributed by atoms with Gasteiger partial charge in [0.15, 0.2) is 9.84 Å². The van der Waals surface area contributed by atoms with Gasteiger partial charge < -0.3 is 10.2 Å². The number of rotatable bonds is 7. The summed E-state index contributed by atoms with van der Waals surface area (Å²) in [4.78, 5) is 14.6. The van der Waals surface area contributed by atoms with Crippen molar-refractivity contribution in [1.29, 1.82) is 0 Å². The molecule has 0 radical (unpaired) electrons. The highest BCUT2D eigenvalue weighted by molar-refractivity contribution is 7.91. The molecule has 1 aromatic heterocycles. The standard InChI is InChI=1S/C25H31N5O2S/c31-33(32,21-10-2-1-3-11-21)19-18-29-14-16-30(17-15-29)25-27-23-13-7-6-12-22(23)24(28-25)26-20-8-4-5-9-20/h1-3,6-7,10-13,20H,4-5,8-9,14-19H2,(H,26,27,28). The topological polar surface area (TPSA) is 78.4 Å². The van der Waals surface area contributed by atoms with E-state index < -0.39 is 9.84 Å². The van der Waals surface area contributed by atoms with Gasteiger partial charge >= 0.3 is 0 Å². The molecule has 0 amide bonds. The minimum Gasteiger partial charge on any atom is -0.367 e. The van der Waals surface area contributed by atoms with E-state index in [0.29, 0.717) is 17.5 Å². The summed E-state index contributed by atoms with van der Waals surface area (Å²) < 4.78 is 25.2. The highest BCUT2D eigenvalue weighted by Crippen LogP contribution is 2.28. The Morgan fingerprint density at radius 2 is 1.58 bits per heavy atom. The lowest BCUT2D eigenvalue weighted by Gasteiger charge is -2.35. The van der Waals surface area contributed by atoms with Crippen LogP contribution >= 0.6 is 0 Å². The van der Waals surface area contributed by atoms with Crippen LogP contribution in [0.3, 0.4) is 0 Å². The Balaban J connectivity index is 1.24. The molecule has 1 saturated carbocycles. The molecular formula is C25H31N5O2S. The second-order valence-electron chi connectivity index (χ2n) is 8.98. The predicted octanol–water partition coefficient (Wildman–Crippen LogP) is 3.58. The minimum absolute atomic E-state index is 0.138. The van der Waals surface area contributed by atoms with Gasteiger partial charge in [-0.3, -0.25) is 4.90 Å². The fraction of sp³-hybridized carbons (Fsp3) is 0.440. The number of para-hydroxylation sites is 1. The zero-order valence-corrected chi connectivity index (χ0v) is 19.7. The van der Waals surface area contributed by atoms with Crippen LogP contribution in [0.4, 0.5) is 11.8 Å². The van der Waals surface area contributed by atoms with Crippen molar-refractivity contribution >= 4 is 32.5 Å². The van der Waals surface area contributed by atoms with E-state index in [9.17, 15) is 8.42 Å². The lowest BCUT2D eigenvalue weighted by Crippen LogP contribution is -2.48. The number of fused-ring (bicyclic) bond motifs is 1. The maximum atomic E-state index is 12.6. The molecule has 2 aliphatic rings. The minimum atomic E-state index is -3.26. The molecule has 1 aliphatic carbocycles. The Morgan fingerprint density at radius 1 is 0.879 bits per heavy atom. The van der Waals surface area contributed by atoms with Crippen molar-refractivity contribution in [2.45, 2.75) is 36.6 Å². The van der Waals surface area contributed by atoms with Gasteiger partial charge in [-0.2, -0.15) is 4.98 Å². The summed E-state index contributed by atoms with van der Waals surface area (Å²) in [6, 6.07) is 17.4. The van der Waals surface area contributed by atoms with Crippen LogP contribution in [0.25, 0.3) is 10.9 Å². The highest BCUT2D eigenvalue weighted by atomic mass is 32.2. The van der Waals surface area contributed by atoms with Crippen LogP contribution in [0, 0.1) is 0 Å². The molecule has 33 heavy (non-hydrogen) atoms. The van der Waals surface area contributed by atoms with Gasteiger partial charge in [-0.25, -0.2) is 13.4 Å². The fourth-order valence-electron chi connectivity index (χ4n) is 4.75. The molecular weight excluding hydrogens is 434 g/mol. The zero-order chi connectivity index (χ0) is 22.7. The number of hydrogen-bond donors (Lipinski definition) is 1. The normalized spacial score (nSPS) is 18.1. The van der Waals surface area contributed by atoms with E-state index in [2.05, 4.69) is 21.2 Å². The largest absolute Gasteiger partial charge is 0.367 e. The predicted molar refractivity (Wildman–Crippen MR) is 133 cm³/mol. The monoisotopic (exact) mass is 465 g/mol. The average Bonchev–Trinajstić information content (AvgIpc) is 3.37. The first-order valence-electron chi connectivity index (χ1n) is 11.9. The van der Waals surface area contributed by atoms with Gasteiger partial charge in [-0.15, -0.1) is 0 Å². The van der Waals surface area contributed by atoms with Gasteiger partial charge in [0, 0.05) is 44.2 Å². The number of sulfone groups is 1. The highest BCUT2D eigenvalue weighted by Gasteiger charge is 2.23. The lowest BCUT2D eigenvalue weighted by molar-refractivity contribution is 0.270. The number of benzene rings is 2. The van der Waals surface area contributed by atoms with E-state index in [1.165, 1.54) is 25.7 Å². The van der Waals surface area contributed by atoms with Gasteiger partial charge in [0.25, 0.3) is 0 Å². The molecule has 0 spiro atoms. The molecule has 1 aliphatic heterocycles. The summed E-state index contributed by atoms with van der Waals surface area (Å²) in [6.07, 6.45) is 4.93. The zero-order valence-electron chi connectivity index (χ0n) is 18.9. The molecule has 0 bridgehead atoms. The van der Waals surface area contributed by atoms with Crippen LogP contribution in [-0.2, 0) is 9.84 Å². The summed E-state index contributed by atoms with van der Waals surface area (Å²) in [6.45, 7) is 3.70. The van der Waals surface area contributed by atoms with Gasteiger partial charge in [0.05, 0.1) is 16.2 Å². The Bertz CT molecular complexity index is 1190. The molecule has 2 fully saturated rings. The van der Waals surface area contributed by atoms with Crippen LogP contribution in [-0.4, -0.2) is 67.8 Å². The van der Waals surface area contributed by atoms with Gasteiger partial charge in [-0.1, -0.05) is 43.2 Å². The molecule has 8 heteroatoms. The molecule has 0 unspecified atom stereocenters. The third kappa shape index (κ3) is 5.12. The van der Waals surface area contributed by atoms with Crippen molar-refractivity contribution < 1.29 is 8.42 Å². The molecule has 1 N–H and O–H groups in total. The number of piperazine rings is 1. The van der Waals surface area contributed by atoms with E-state index in [1.54, 1.807) is 24.3 Å². The Labute approximate surface area is 195 Å². The number of nitrogens with zero attached hydrogens (tertiary/aromatic N) is 4. The molecule has 3 aromatic rings. The summed E-state index contributed by atoms with van der Waals surface area (Å²) in [7, 11) is -3.26. The lowest BCUT2D eigenvalue weighted by atomic mass is 10.2. The number of nitrogens with one attached hydrogen (secondary N) is 1. The molecule has 2 aromatic carbocycles. The maximum Gasteiger partial charge on any atom is 0.227 e. The van der Waals surface area contributed by atoms with E-state index in [4.69, 9.17) is 9.97 Å². The number of aromatic nitrogens is 2. The molecule has 5 rings (SSSR count). The first kappa shape index (κ1) is 22.1. The second kappa shape index (κ2) is 9.65. The van der Waals surface area contributed by atoms with Crippen molar-refractivity contribution in [3.05, 3.63) is 54.6 Å². The van der Waals surface area contributed by atoms with Crippen molar-refractivity contribution in [2.75, 3.05) is 48.7 Å². The molecule has 0 atom stereocenters. The Hall–Kier alpha value is -2.71. The van der Waals surface area contributed by atoms with Crippen molar-refractivity contribution in [3.63, 3.8) is 0 Å². The SMILES string of the molecule is O=S(=O)(CCN1CCN(c2nc(NC3CCCC3)c3ccccc3n2)CC1)c1ccccc1. The van der Waals surface area contributed by atoms with E-state index in [-0.39, 0.29) is 5.75 Å². The van der Waals surface area contributed by atoms with Crippen molar-refractivity contribution in [2.24, 2.45) is 0 Å². The Kier molecular flexibility index (Phi) is 6.46. The third-order valence-corrected chi connectivity index (χ3v) is 8.43. The maximum absolute atomic E-state index is 12.6. The summed E-state index contributed by atoms with van der Waals surface area (Å²) in [5.41, 5.74) is 0.958. The summed E-state index contributed by atoms with van der Waals surface area (Å²) in [5, 5.41) is 4.74. The smallest absolute Gasteiger partial charge is 0.227 e. The van der Waals surface area contributed by atoms with Gasteiger partial charge in [0.1, 0.15) is 5.82 Å². The molecule has 2 heterocycles. The second-order valence-corrected chi connectivity index (χ2v) is 11.1.